The summed E-state index contributed by atoms with van der Waals surface area (Å²) >= 11 is 0. The van der Waals surface area contributed by atoms with E-state index < -0.39 is 5.76 Å². The highest BCUT2D eigenvalue weighted by Gasteiger charge is 2.10. The van der Waals surface area contributed by atoms with E-state index in [1.165, 1.54) is 0 Å². The van der Waals surface area contributed by atoms with Gasteiger partial charge in [-0.25, -0.2) is 19.6 Å². The van der Waals surface area contributed by atoms with Crippen LogP contribution in [0, 0.1) is 0 Å². The lowest BCUT2D eigenvalue weighted by Crippen LogP contribution is -1.99. The van der Waals surface area contributed by atoms with Gasteiger partial charge in [0.05, 0.1) is 5.52 Å². The molecule has 0 atom stereocenters. The van der Waals surface area contributed by atoms with E-state index in [1.807, 2.05) is 26.0 Å². The smallest absolute Gasteiger partial charge is 0.406 e. The number of fused-ring (bicyclic) bond motifs is 2. The van der Waals surface area contributed by atoms with Crippen LogP contribution in [0.5, 0.6) is 0 Å². The minimum atomic E-state index is -0.449. The van der Waals surface area contributed by atoms with E-state index in [9.17, 15) is 9.59 Å². The van der Waals surface area contributed by atoms with Crippen molar-refractivity contribution in [3.05, 3.63) is 56.7 Å². The molecule has 8 nitrogen and oxygen atoms in total. The molecule has 0 saturated carbocycles. The quantitative estimate of drug-likeness (QED) is 0.510. The summed E-state index contributed by atoms with van der Waals surface area (Å²) in [4.78, 5) is 37.9. The predicted molar refractivity (Wildman–Crippen MR) is 99.5 cm³/mol. The van der Waals surface area contributed by atoms with Gasteiger partial charge in [0, 0.05) is 18.0 Å². The Hall–Kier alpha value is -3.16. The van der Waals surface area contributed by atoms with Gasteiger partial charge in [0.1, 0.15) is 0 Å². The molecule has 4 rings (SSSR count). The van der Waals surface area contributed by atoms with Gasteiger partial charge in [-0.05, 0) is 29.5 Å². The van der Waals surface area contributed by atoms with E-state index in [-0.39, 0.29) is 5.69 Å². The normalized spacial score (nSPS) is 11.3. The molecule has 0 aliphatic carbocycles. The summed E-state index contributed by atoms with van der Waals surface area (Å²) in [6.07, 6.45) is 3.38. The summed E-state index contributed by atoms with van der Waals surface area (Å²) in [5, 5.41) is 0. The number of hydrogen-bond acceptors (Lipinski definition) is 5. The standard InChI is InChI=1S/C9H11N3O.C9H10N2O2/c1-5(2)6-3-4-10-8-7(6)11-9(13)12-8;1-5(2)6-3-4-10-8-7(6)13-9(12)11-8/h3-5H,1-2H3,(H2,10,11,12,13);3-5H,1-2H3,(H,10,11,12). The van der Waals surface area contributed by atoms with Gasteiger partial charge in [-0.3, -0.25) is 9.97 Å². The van der Waals surface area contributed by atoms with Crippen molar-refractivity contribution >= 4 is 22.4 Å². The summed E-state index contributed by atoms with van der Waals surface area (Å²) < 4.78 is 4.99. The van der Waals surface area contributed by atoms with E-state index in [0.29, 0.717) is 28.7 Å². The van der Waals surface area contributed by atoms with E-state index >= 15 is 0 Å². The SMILES string of the molecule is CC(C)c1ccnc2[nH]c(=O)[nH]c12.CC(C)c1ccnc2[nH]c(=O)oc12. The Bertz CT molecular complexity index is 1050. The van der Waals surface area contributed by atoms with Crippen LogP contribution in [-0.2, 0) is 0 Å². The molecule has 136 valence electrons. The third kappa shape index (κ3) is 3.44. The van der Waals surface area contributed by atoms with Crippen LogP contribution in [0.15, 0.2) is 38.5 Å². The number of nitrogens with one attached hydrogen (secondary N) is 3. The van der Waals surface area contributed by atoms with Crippen molar-refractivity contribution in [2.75, 3.05) is 0 Å². The van der Waals surface area contributed by atoms with Crippen molar-refractivity contribution in [3.63, 3.8) is 0 Å². The molecule has 8 heteroatoms. The van der Waals surface area contributed by atoms with E-state index in [4.69, 9.17) is 4.42 Å². The number of aromatic nitrogens is 5. The van der Waals surface area contributed by atoms with Crippen molar-refractivity contribution in [2.45, 2.75) is 39.5 Å². The van der Waals surface area contributed by atoms with Gasteiger partial charge < -0.3 is 9.40 Å². The van der Waals surface area contributed by atoms with Crippen molar-refractivity contribution < 1.29 is 4.42 Å². The number of imidazole rings is 1. The van der Waals surface area contributed by atoms with Gasteiger partial charge in [0.2, 0.25) is 0 Å². The molecule has 0 aromatic carbocycles. The lowest BCUT2D eigenvalue weighted by Gasteiger charge is -2.04. The maximum Gasteiger partial charge on any atom is 0.418 e. The molecule has 0 aliphatic heterocycles. The molecular formula is C18H21N5O3. The second kappa shape index (κ2) is 6.99. The highest BCUT2D eigenvalue weighted by atomic mass is 16.4. The summed E-state index contributed by atoms with van der Waals surface area (Å²) in [6, 6.07) is 3.79. The first kappa shape index (κ1) is 17.7. The first-order valence-corrected chi connectivity index (χ1v) is 8.41. The second-order valence-corrected chi connectivity index (χ2v) is 6.60. The summed E-state index contributed by atoms with van der Waals surface area (Å²) in [6.45, 7) is 8.25. The van der Waals surface area contributed by atoms with Crippen LogP contribution < -0.4 is 11.4 Å². The molecule has 4 aromatic heterocycles. The largest absolute Gasteiger partial charge is 0.418 e. The highest BCUT2D eigenvalue weighted by molar-refractivity contribution is 5.74. The van der Waals surface area contributed by atoms with Crippen LogP contribution in [0.25, 0.3) is 22.4 Å². The molecule has 0 radical (unpaired) electrons. The molecule has 26 heavy (non-hydrogen) atoms. The Morgan fingerprint density at radius 3 is 2.12 bits per heavy atom. The number of oxazole rings is 1. The van der Waals surface area contributed by atoms with Crippen LogP contribution >= 0.6 is 0 Å². The van der Waals surface area contributed by atoms with Gasteiger partial charge in [0.25, 0.3) is 0 Å². The van der Waals surface area contributed by atoms with Crippen LogP contribution in [0.1, 0.15) is 50.7 Å². The Labute approximate surface area is 148 Å². The zero-order valence-electron chi connectivity index (χ0n) is 15.1. The third-order valence-corrected chi connectivity index (χ3v) is 4.05. The average molecular weight is 355 g/mol. The Morgan fingerprint density at radius 2 is 1.46 bits per heavy atom. The lowest BCUT2D eigenvalue weighted by atomic mass is 10.0. The molecule has 0 amide bonds. The van der Waals surface area contributed by atoms with Gasteiger partial charge in [-0.15, -0.1) is 0 Å². The van der Waals surface area contributed by atoms with E-state index in [1.54, 1.807) is 12.4 Å². The highest BCUT2D eigenvalue weighted by Crippen LogP contribution is 2.21. The van der Waals surface area contributed by atoms with Crippen LogP contribution in [0.3, 0.4) is 0 Å². The molecule has 0 bridgehead atoms. The minimum Gasteiger partial charge on any atom is -0.406 e. The molecule has 0 saturated heterocycles. The number of aromatic amines is 3. The first-order chi connectivity index (χ1) is 12.4. The van der Waals surface area contributed by atoms with Crippen molar-refractivity contribution in [2.24, 2.45) is 0 Å². The predicted octanol–water partition coefficient (Wildman–Crippen LogP) is 3.01. The molecule has 4 heterocycles. The fourth-order valence-corrected chi connectivity index (χ4v) is 2.77. The van der Waals surface area contributed by atoms with Gasteiger partial charge in [-0.1, -0.05) is 27.7 Å². The molecule has 4 aromatic rings. The zero-order valence-corrected chi connectivity index (χ0v) is 15.1. The van der Waals surface area contributed by atoms with Crippen molar-refractivity contribution in [1.29, 1.82) is 0 Å². The molecule has 0 aliphatic rings. The zero-order chi connectivity index (χ0) is 18.8. The second-order valence-electron chi connectivity index (χ2n) is 6.60. The fourth-order valence-electron chi connectivity index (χ4n) is 2.77. The Morgan fingerprint density at radius 1 is 0.846 bits per heavy atom. The maximum absolute atomic E-state index is 11.0. The van der Waals surface area contributed by atoms with E-state index in [2.05, 4.69) is 38.8 Å². The summed E-state index contributed by atoms with van der Waals surface area (Å²) in [7, 11) is 0. The number of H-pyrrole nitrogens is 3. The van der Waals surface area contributed by atoms with Gasteiger partial charge in [-0.2, -0.15) is 0 Å². The van der Waals surface area contributed by atoms with Crippen LogP contribution in [0.2, 0.25) is 0 Å². The van der Waals surface area contributed by atoms with Crippen molar-refractivity contribution in [3.8, 4) is 0 Å². The van der Waals surface area contributed by atoms with Crippen LogP contribution in [-0.4, -0.2) is 24.9 Å². The number of hydrogen-bond donors (Lipinski definition) is 3. The Balaban J connectivity index is 0.000000151. The third-order valence-electron chi connectivity index (χ3n) is 4.05. The number of pyridine rings is 2. The lowest BCUT2D eigenvalue weighted by molar-refractivity contribution is 0.549. The van der Waals surface area contributed by atoms with Gasteiger partial charge >= 0.3 is 11.4 Å². The molecular weight excluding hydrogens is 334 g/mol. The molecule has 3 N–H and O–H groups in total. The molecule has 0 unspecified atom stereocenters. The monoisotopic (exact) mass is 355 g/mol. The fraction of sp³-hybridized carbons (Fsp3) is 0.333. The van der Waals surface area contributed by atoms with E-state index in [0.717, 1.165) is 16.6 Å². The topological polar surface area (TPSA) is 120 Å². The average Bonchev–Trinajstić information content (AvgIpc) is 3.14. The number of nitrogens with zero attached hydrogens (tertiary/aromatic N) is 2. The molecule has 0 fully saturated rings. The van der Waals surface area contributed by atoms with Crippen molar-refractivity contribution in [1.82, 2.24) is 24.9 Å². The minimum absolute atomic E-state index is 0.199. The number of rotatable bonds is 2. The summed E-state index contributed by atoms with van der Waals surface area (Å²) in [5.41, 5.74) is 4.47. The maximum atomic E-state index is 11.0. The first-order valence-electron chi connectivity index (χ1n) is 8.41. The summed E-state index contributed by atoms with van der Waals surface area (Å²) in [5.74, 6) is 0.261. The molecule has 0 spiro atoms. The van der Waals surface area contributed by atoms with Gasteiger partial charge in [0.15, 0.2) is 16.9 Å². The van der Waals surface area contributed by atoms with Crippen LogP contribution in [0.4, 0.5) is 0 Å². The Kier molecular flexibility index (Phi) is 4.75.